The molecule has 0 aliphatic rings. The summed E-state index contributed by atoms with van der Waals surface area (Å²) in [6.07, 6.45) is 5.44. The lowest BCUT2D eigenvalue weighted by atomic mass is 10.1. The van der Waals surface area contributed by atoms with E-state index in [9.17, 15) is 14.4 Å². The second-order valence-electron chi connectivity index (χ2n) is 6.40. The molecule has 2 amide bonds. The van der Waals surface area contributed by atoms with E-state index < -0.39 is 0 Å². The van der Waals surface area contributed by atoms with Crippen LogP contribution in [0.5, 0.6) is 5.75 Å². The van der Waals surface area contributed by atoms with Gasteiger partial charge in [0.05, 0.1) is 13.2 Å². The minimum atomic E-state index is -0.340. The van der Waals surface area contributed by atoms with Crippen molar-refractivity contribution in [2.75, 3.05) is 25.5 Å². The number of amides is 2. The summed E-state index contributed by atoms with van der Waals surface area (Å²) in [6, 6.07) is 13.7. The Kier molecular flexibility index (Phi) is 7.99. The molecule has 0 saturated heterocycles. The van der Waals surface area contributed by atoms with Crippen molar-refractivity contribution in [3.63, 3.8) is 0 Å². The van der Waals surface area contributed by atoms with Crippen LogP contribution in [-0.4, -0.2) is 42.7 Å². The summed E-state index contributed by atoms with van der Waals surface area (Å²) in [6.45, 7) is 2.32. The molecule has 0 atom stereocenters. The second kappa shape index (κ2) is 10.7. The molecule has 0 aromatic heterocycles. The number of nitrogens with zero attached hydrogens (tertiary/aromatic N) is 1. The van der Waals surface area contributed by atoms with E-state index in [1.165, 1.54) is 11.9 Å². The number of terminal acetylenes is 1. The summed E-state index contributed by atoms with van der Waals surface area (Å²) >= 11 is 0. The number of nitrogens with one attached hydrogen (secondary N) is 1. The van der Waals surface area contributed by atoms with Gasteiger partial charge in [0.1, 0.15) is 5.75 Å². The van der Waals surface area contributed by atoms with E-state index in [1.807, 2.05) is 6.92 Å². The number of anilines is 1. The highest BCUT2D eigenvalue weighted by Crippen LogP contribution is 2.14. The molecule has 150 valence electrons. The van der Waals surface area contributed by atoms with E-state index >= 15 is 0 Å². The molecule has 0 fully saturated rings. The summed E-state index contributed by atoms with van der Waals surface area (Å²) in [7, 11) is 1.53. The van der Waals surface area contributed by atoms with Crippen LogP contribution in [0.25, 0.3) is 0 Å². The minimum Gasteiger partial charge on any atom is -0.494 e. The molecule has 1 N–H and O–H groups in total. The normalized spacial score (nSPS) is 9.97. The smallest absolute Gasteiger partial charge is 0.243 e. The van der Waals surface area contributed by atoms with Gasteiger partial charge in [-0.3, -0.25) is 14.4 Å². The largest absolute Gasteiger partial charge is 0.494 e. The number of hydrogen-bond acceptors (Lipinski definition) is 4. The molecule has 0 unspecified atom stereocenters. The van der Waals surface area contributed by atoms with Gasteiger partial charge in [-0.2, -0.15) is 0 Å². The van der Waals surface area contributed by atoms with E-state index in [0.717, 1.165) is 0 Å². The van der Waals surface area contributed by atoms with Crippen LogP contribution >= 0.6 is 0 Å². The van der Waals surface area contributed by atoms with Crippen LogP contribution in [0.4, 0.5) is 5.69 Å². The lowest BCUT2D eigenvalue weighted by Crippen LogP contribution is -2.35. The molecule has 0 radical (unpaired) electrons. The molecule has 0 aliphatic heterocycles. The van der Waals surface area contributed by atoms with E-state index in [4.69, 9.17) is 11.2 Å². The quantitative estimate of drug-likeness (QED) is 0.526. The van der Waals surface area contributed by atoms with Gasteiger partial charge < -0.3 is 15.0 Å². The van der Waals surface area contributed by atoms with E-state index in [0.29, 0.717) is 29.2 Å². The Hall–Kier alpha value is -3.59. The predicted octanol–water partition coefficient (Wildman–Crippen LogP) is 3.13. The zero-order valence-electron chi connectivity index (χ0n) is 16.6. The molecule has 0 bridgehead atoms. The summed E-state index contributed by atoms with van der Waals surface area (Å²) in [5, 5.41) is 2.70. The van der Waals surface area contributed by atoms with Crippen LogP contribution in [0.15, 0.2) is 48.5 Å². The molecule has 6 nitrogen and oxygen atoms in total. The maximum atomic E-state index is 12.3. The fraction of sp³-hybridized carbons (Fsp3) is 0.261. The van der Waals surface area contributed by atoms with Gasteiger partial charge in [-0.05, 0) is 49.4 Å². The summed E-state index contributed by atoms with van der Waals surface area (Å²) in [4.78, 5) is 37.9. The highest BCUT2D eigenvalue weighted by atomic mass is 16.5. The summed E-state index contributed by atoms with van der Waals surface area (Å²) in [5.74, 6) is 2.43. The maximum Gasteiger partial charge on any atom is 0.243 e. The van der Waals surface area contributed by atoms with Crippen molar-refractivity contribution >= 4 is 23.3 Å². The monoisotopic (exact) mass is 392 g/mol. The second-order valence-corrected chi connectivity index (χ2v) is 6.40. The molecule has 6 heteroatoms. The maximum absolute atomic E-state index is 12.3. The first kappa shape index (κ1) is 21.7. The van der Waals surface area contributed by atoms with Gasteiger partial charge in [-0.1, -0.05) is 12.0 Å². The first-order valence-electron chi connectivity index (χ1n) is 9.29. The summed E-state index contributed by atoms with van der Waals surface area (Å²) in [5.41, 5.74) is 1.74. The van der Waals surface area contributed by atoms with Crippen molar-refractivity contribution in [2.24, 2.45) is 0 Å². The SMILES string of the molecule is C#Cc1cccc(NC(=O)CN(C)C(=O)CCC(=O)c2ccc(OCC)cc2)c1. The van der Waals surface area contributed by atoms with E-state index in [1.54, 1.807) is 48.5 Å². The van der Waals surface area contributed by atoms with Crippen LogP contribution in [0.2, 0.25) is 0 Å². The first-order valence-corrected chi connectivity index (χ1v) is 9.29. The molecular formula is C23H24N2O4. The standard InChI is InChI=1S/C23H24N2O4/c1-4-17-7-6-8-19(15-17)24-22(27)16-25(3)23(28)14-13-21(26)18-9-11-20(12-10-18)29-5-2/h1,6-12,15H,5,13-14,16H2,2-3H3,(H,24,27). The fourth-order valence-corrected chi connectivity index (χ4v) is 2.65. The van der Waals surface area contributed by atoms with Crippen LogP contribution in [0, 0.1) is 12.3 Å². The van der Waals surface area contributed by atoms with Crippen molar-refractivity contribution in [3.8, 4) is 18.1 Å². The zero-order chi connectivity index (χ0) is 21.2. The third kappa shape index (κ3) is 6.82. The number of benzene rings is 2. The van der Waals surface area contributed by atoms with Crippen molar-refractivity contribution in [3.05, 3.63) is 59.7 Å². The van der Waals surface area contributed by atoms with Crippen molar-refractivity contribution < 1.29 is 19.1 Å². The zero-order valence-corrected chi connectivity index (χ0v) is 16.6. The lowest BCUT2D eigenvalue weighted by Gasteiger charge is -2.16. The minimum absolute atomic E-state index is 0.0302. The number of hydrogen-bond donors (Lipinski definition) is 1. The molecule has 2 rings (SSSR count). The molecule has 2 aromatic rings. The molecule has 0 spiro atoms. The van der Waals surface area contributed by atoms with Gasteiger partial charge >= 0.3 is 0 Å². The number of likely N-dealkylation sites (N-methyl/N-ethyl adjacent to an activating group) is 1. The highest BCUT2D eigenvalue weighted by Gasteiger charge is 2.15. The Morgan fingerprint density at radius 1 is 1.10 bits per heavy atom. The Balaban J connectivity index is 1.81. The third-order valence-electron chi connectivity index (χ3n) is 4.17. The molecule has 0 saturated carbocycles. The molecule has 2 aromatic carbocycles. The Labute approximate surface area is 170 Å². The Morgan fingerprint density at radius 3 is 2.48 bits per heavy atom. The average molecular weight is 392 g/mol. The van der Waals surface area contributed by atoms with Gasteiger partial charge in [0.25, 0.3) is 0 Å². The van der Waals surface area contributed by atoms with Gasteiger partial charge in [0.15, 0.2) is 5.78 Å². The number of ether oxygens (including phenoxy) is 1. The van der Waals surface area contributed by atoms with Gasteiger partial charge in [-0.25, -0.2) is 0 Å². The van der Waals surface area contributed by atoms with Crippen LogP contribution in [-0.2, 0) is 9.59 Å². The third-order valence-corrected chi connectivity index (χ3v) is 4.17. The number of Topliss-reactive ketones (excluding diaryl/α,β-unsaturated/α-hetero) is 1. The number of carbonyl (C=O) groups excluding carboxylic acids is 3. The highest BCUT2D eigenvalue weighted by molar-refractivity contribution is 5.99. The molecule has 0 aliphatic carbocycles. The van der Waals surface area contributed by atoms with Crippen molar-refractivity contribution in [1.29, 1.82) is 0 Å². The number of carbonyl (C=O) groups is 3. The fourth-order valence-electron chi connectivity index (χ4n) is 2.65. The Morgan fingerprint density at radius 2 is 1.83 bits per heavy atom. The van der Waals surface area contributed by atoms with Crippen LogP contribution < -0.4 is 10.1 Å². The Bertz CT molecular complexity index is 913. The van der Waals surface area contributed by atoms with Gasteiger partial charge in [0, 0.05) is 36.7 Å². The first-order chi connectivity index (χ1) is 13.9. The predicted molar refractivity (Wildman–Crippen MR) is 112 cm³/mol. The van der Waals surface area contributed by atoms with Crippen LogP contribution in [0.1, 0.15) is 35.7 Å². The topological polar surface area (TPSA) is 75.7 Å². The number of ketones is 1. The molecular weight excluding hydrogens is 368 g/mol. The number of rotatable bonds is 9. The van der Waals surface area contributed by atoms with Gasteiger partial charge in [-0.15, -0.1) is 6.42 Å². The van der Waals surface area contributed by atoms with Crippen molar-refractivity contribution in [1.82, 2.24) is 4.90 Å². The lowest BCUT2D eigenvalue weighted by molar-refractivity contribution is -0.133. The average Bonchev–Trinajstić information content (AvgIpc) is 2.72. The molecule has 0 heterocycles. The van der Waals surface area contributed by atoms with E-state index in [-0.39, 0.29) is 37.0 Å². The van der Waals surface area contributed by atoms with E-state index in [2.05, 4.69) is 11.2 Å². The van der Waals surface area contributed by atoms with Crippen LogP contribution in [0.3, 0.4) is 0 Å². The van der Waals surface area contributed by atoms with Gasteiger partial charge in [0.2, 0.25) is 11.8 Å². The molecule has 29 heavy (non-hydrogen) atoms. The summed E-state index contributed by atoms with van der Waals surface area (Å²) < 4.78 is 5.34. The van der Waals surface area contributed by atoms with Crippen molar-refractivity contribution in [2.45, 2.75) is 19.8 Å².